The van der Waals surface area contributed by atoms with E-state index in [1.165, 1.54) is 0 Å². The number of benzene rings is 3. The number of aliphatic imine (C=N–C) groups is 1. The molecule has 0 fully saturated rings. The zero-order valence-corrected chi connectivity index (χ0v) is 16.1. The predicted molar refractivity (Wildman–Crippen MR) is 113 cm³/mol. The number of phenols is 1. The highest BCUT2D eigenvalue weighted by Crippen LogP contribution is 2.34. The molecule has 10 nitrogen and oxygen atoms in total. The minimum atomic E-state index is -0.895. The summed E-state index contributed by atoms with van der Waals surface area (Å²) in [6.07, 6.45) is 1.12. The first kappa shape index (κ1) is 19.7. The van der Waals surface area contributed by atoms with Crippen LogP contribution in [0.15, 0.2) is 64.0 Å². The molecular formula is C21H14N4O6. The lowest BCUT2D eigenvalue weighted by Crippen LogP contribution is -1.96. The molecule has 0 amide bonds. The van der Waals surface area contributed by atoms with E-state index in [-0.39, 0.29) is 5.56 Å². The van der Waals surface area contributed by atoms with Gasteiger partial charge in [0.15, 0.2) is 5.58 Å². The Hall–Kier alpha value is -4.60. The Bertz CT molecular complexity index is 1380. The van der Waals surface area contributed by atoms with Gasteiger partial charge < -0.3 is 9.52 Å². The fraction of sp³-hybridized carbons (Fsp3) is 0.0476. The largest absolute Gasteiger partial charge is 0.502 e. The molecule has 0 saturated carbocycles. The van der Waals surface area contributed by atoms with Crippen LogP contribution in [0.25, 0.3) is 22.6 Å². The predicted octanol–water partition coefficient (Wildman–Crippen LogP) is 5.08. The topological polar surface area (TPSA) is 145 Å². The molecule has 1 heterocycles. The Morgan fingerprint density at radius 2 is 1.84 bits per heavy atom. The zero-order chi connectivity index (χ0) is 22.1. The molecule has 4 rings (SSSR count). The number of rotatable bonds is 5. The minimum Gasteiger partial charge on any atom is -0.502 e. The maximum absolute atomic E-state index is 11.1. The maximum atomic E-state index is 11.1. The normalized spacial score (nSPS) is 11.3. The molecule has 0 spiro atoms. The standard InChI is InChI=1S/C21H14N4O6/c1-12-4-2-3-5-16(12)21-23-17-9-14(6-7-19(17)31-21)22-11-13-8-15(24(27)28)10-18(20(13)26)25(29)30/h2-11,26H,1H3. The summed E-state index contributed by atoms with van der Waals surface area (Å²) in [6.45, 7) is 1.95. The number of nitrogens with zero attached hydrogens (tertiary/aromatic N) is 4. The Balaban J connectivity index is 1.71. The molecule has 10 heteroatoms. The highest BCUT2D eigenvalue weighted by Gasteiger charge is 2.23. The second kappa shape index (κ2) is 7.67. The molecule has 0 unspecified atom stereocenters. The van der Waals surface area contributed by atoms with Crippen LogP contribution >= 0.6 is 0 Å². The SMILES string of the molecule is Cc1ccccc1-c1nc2cc(N=Cc3cc([N+](=O)[O-])cc([N+](=O)[O-])c3O)ccc2o1. The van der Waals surface area contributed by atoms with Crippen LogP contribution in [0.1, 0.15) is 11.1 Å². The minimum absolute atomic E-state index is 0.151. The van der Waals surface area contributed by atoms with Gasteiger partial charge in [0.1, 0.15) is 5.52 Å². The van der Waals surface area contributed by atoms with Crippen molar-refractivity contribution in [2.45, 2.75) is 6.92 Å². The molecule has 0 aliphatic heterocycles. The van der Waals surface area contributed by atoms with Crippen LogP contribution in [-0.4, -0.2) is 26.2 Å². The smallest absolute Gasteiger partial charge is 0.318 e. The van der Waals surface area contributed by atoms with Gasteiger partial charge in [-0.3, -0.25) is 25.2 Å². The van der Waals surface area contributed by atoms with E-state index in [1.807, 2.05) is 31.2 Å². The van der Waals surface area contributed by atoms with Gasteiger partial charge >= 0.3 is 5.69 Å². The van der Waals surface area contributed by atoms with Crippen molar-refractivity contribution in [1.82, 2.24) is 4.98 Å². The van der Waals surface area contributed by atoms with Gasteiger partial charge in [0.25, 0.3) is 5.69 Å². The molecule has 1 aromatic heterocycles. The molecule has 0 radical (unpaired) electrons. The number of aromatic hydroxyl groups is 1. The van der Waals surface area contributed by atoms with Crippen LogP contribution in [0.5, 0.6) is 5.75 Å². The average Bonchev–Trinajstić information content (AvgIpc) is 3.16. The van der Waals surface area contributed by atoms with E-state index < -0.39 is 27.0 Å². The number of aromatic nitrogens is 1. The summed E-state index contributed by atoms with van der Waals surface area (Å²) in [5, 5.41) is 32.2. The van der Waals surface area contributed by atoms with Gasteiger partial charge in [-0.1, -0.05) is 18.2 Å². The molecule has 3 aromatic carbocycles. The van der Waals surface area contributed by atoms with Crippen LogP contribution < -0.4 is 0 Å². The quantitative estimate of drug-likeness (QED) is 0.270. The summed E-state index contributed by atoms with van der Waals surface area (Å²) in [6, 6.07) is 14.3. The van der Waals surface area contributed by atoms with Crippen LogP contribution in [0.2, 0.25) is 0 Å². The van der Waals surface area contributed by atoms with Crippen LogP contribution in [0.3, 0.4) is 0 Å². The third-order valence-electron chi connectivity index (χ3n) is 4.61. The highest BCUT2D eigenvalue weighted by atomic mass is 16.6. The maximum Gasteiger partial charge on any atom is 0.318 e. The lowest BCUT2D eigenvalue weighted by molar-refractivity contribution is -0.394. The van der Waals surface area contributed by atoms with Gasteiger partial charge in [-0.2, -0.15) is 0 Å². The van der Waals surface area contributed by atoms with Gasteiger partial charge in [-0.15, -0.1) is 0 Å². The summed E-state index contributed by atoms with van der Waals surface area (Å²) >= 11 is 0. The number of hydrogen-bond donors (Lipinski definition) is 1. The van der Waals surface area contributed by atoms with E-state index in [9.17, 15) is 25.3 Å². The van der Waals surface area contributed by atoms with E-state index in [0.29, 0.717) is 28.7 Å². The van der Waals surface area contributed by atoms with Crippen molar-refractivity contribution in [3.8, 4) is 17.2 Å². The van der Waals surface area contributed by atoms with Crippen LogP contribution in [-0.2, 0) is 0 Å². The highest BCUT2D eigenvalue weighted by molar-refractivity contribution is 5.89. The molecule has 0 atom stereocenters. The monoisotopic (exact) mass is 418 g/mol. The van der Waals surface area contributed by atoms with E-state index in [0.717, 1.165) is 23.4 Å². The van der Waals surface area contributed by atoms with Crippen molar-refractivity contribution in [2.24, 2.45) is 4.99 Å². The first-order valence-corrected chi connectivity index (χ1v) is 9.00. The number of phenolic OH excluding ortho intramolecular Hbond substituents is 1. The fourth-order valence-electron chi connectivity index (χ4n) is 3.04. The van der Waals surface area contributed by atoms with Crippen LogP contribution in [0.4, 0.5) is 17.1 Å². The lowest BCUT2D eigenvalue weighted by atomic mass is 10.1. The molecular weight excluding hydrogens is 404 g/mol. The van der Waals surface area contributed by atoms with Crippen molar-refractivity contribution in [2.75, 3.05) is 0 Å². The number of hydrogen-bond acceptors (Lipinski definition) is 8. The van der Waals surface area contributed by atoms with Crippen LogP contribution in [0, 0.1) is 27.2 Å². The second-order valence-corrected chi connectivity index (χ2v) is 6.66. The summed E-state index contributed by atoms with van der Waals surface area (Å²) < 4.78 is 5.80. The number of fused-ring (bicyclic) bond motifs is 1. The molecule has 0 aliphatic carbocycles. The van der Waals surface area contributed by atoms with E-state index in [4.69, 9.17) is 4.42 Å². The number of nitro groups is 2. The van der Waals surface area contributed by atoms with Crippen molar-refractivity contribution in [3.05, 3.63) is 86.0 Å². The first-order valence-electron chi connectivity index (χ1n) is 9.00. The molecule has 1 N–H and O–H groups in total. The molecule has 0 bridgehead atoms. The van der Waals surface area contributed by atoms with Crippen molar-refractivity contribution >= 4 is 34.4 Å². The average molecular weight is 418 g/mol. The summed E-state index contributed by atoms with van der Waals surface area (Å²) in [5.74, 6) is -0.245. The molecule has 0 aliphatic rings. The van der Waals surface area contributed by atoms with Gasteiger partial charge in [0.05, 0.1) is 21.6 Å². The lowest BCUT2D eigenvalue weighted by Gasteiger charge is -2.01. The van der Waals surface area contributed by atoms with Gasteiger partial charge in [0.2, 0.25) is 11.6 Å². The second-order valence-electron chi connectivity index (χ2n) is 6.66. The Morgan fingerprint density at radius 3 is 2.55 bits per heavy atom. The molecule has 4 aromatic rings. The summed E-state index contributed by atoms with van der Waals surface area (Å²) in [5.41, 5.74) is 1.93. The fourth-order valence-corrected chi connectivity index (χ4v) is 3.04. The van der Waals surface area contributed by atoms with E-state index in [1.54, 1.807) is 18.2 Å². The van der Waals surface area contributed by atoms with E-state index in [2.05, 4.69) is 9.98 Å². The molecule has 154 valence electrons. The number of non-ortho nitro benzene ring substituents is 1. The number of nitro benzene ring substituents is 2. The van der Waals surface area contributed by atoms with Gasteiger partial charge in [-0.05, 0) is 36.8 Å². The van der Waals surface area contributed by atoms with Gasteiger partial charge in [-0.25, -0.2) is 4.98 Å². The van der Waals surface area contributed by atoms with Crippen molar-refractivity contribution < 1.29 is 19.4 Å². The third-order valence-corrected chi connectivity index (χ3v) is 4.61. The Morgan fingerprint density at radius 1 is 1.06 bits per heavy atom. The van der Waals surface area contributed by atoms with Crippen molar-refractivity contribution in [1.29, 1.82) is 0 Å². The first-order chi connectivity index (χ1) is 14.8. The van der Waals surface area contributed by atoms with E-state index >= 15 is 0 Å². The molecule has 0 saturated heterocycles. The summed E-state index contributed by atoms with van der Waals surface area (Å²) in [4.78, 5) is 29.1. The Labute approximate surface area is 174 Å². The number of oxazole rings is 1. The third kappa shape index (κ3) is 3.81. The number of aryl methyl sites for hydroxylation is 1. The Kier molecular flexibility index (Phi) is 4.88. The van der Waals surface area contributed by atoms with Crippen molar-refractivity contribution in [3.63, 3.8) is 0 Å². The molecule has 31 heavy (non-hydrogen) atoms. The van der Waals surface area contributed by atoms with Gasteiger partial charge in [0, 0.05) is 23.4 Å². The summed E-state index contributed by atoms with van der Waals surface area (Å²) in [7, 11) is 0. The zero-order valence-electron chi connectivity index (χ0n) is 16.1.